The Bertz CT molecular complexity index is 1480. The summed E-state index contributed by atoms with van der Waals surface area (Å²) in [6.07, 6.45) is 1.01. The third-order valence-corrected chi connectivity index (χ3v) is 6.44. The van der Waals surface area contributed by atoms with Crippen LogP contribution in [-0.2, 0) is 15.0 Å². The van der Waals surface area contributed by atoms with E-state index in [1.54, 1.807) is 55.5 Å². The van der Waals surface area contributed by atoms with Crippen LogP contribution in [0.4, 0.5) is 0 Å². The lowest BCUT2D eigenvalue weighted by Crippen LogP contribution is -2.19. The summed E-state index contributed by atoms with van der Waals surface area (Å²) in [7, 11) is 0. The molecule has 0 atom stereocenters. The van der Waals surface area contributed by atoms with Crippen molar-refractivity contribution in [3.63, 3.8) is 0 Å². The number of amides is 1. The second kappa shape index (κ2) is 17.8. The number of esters is 2. The van der Waals surface area contributed by atoms with Gasteiger partial charge in [0.2, 0.25) is 5.91 Å². The molecular formula is C37H41NO6. The third kappa shape index (κ3) is 12.1. The Hall–Kier alpha value is -5.04. The van der Waals surface area contributed by atoms with Gasteiger partial charge in [-0.25, -0.2) is 4.79 Å². The first kappa shape index (κ1) is 35.2. The van der Waals surface area contributed by atoms with Crippen LogP contribution in [-0.4, -0.2) is 30.2 Å². The molecule has 230 valence electrons. The molecule has 7 nitrogen and oxygen atoms in total. The van der Waals surface area contributed by atoms with Crippen LogP contribution in [0.5, 0.6) is 11.5 Å². The Morgan fingerprint density at radius 3 is 1.39 bits per heavy atom. The smallest absolute Gasteiger partial charge is 0.343 e. The minimum absolute atomic E-state index is 0.0573. The van der Waals surface area contributed by atoms with E-state index in [0.717, 1.165) is 29.7 Å². The Balaban J connectivity index is 0.000000344. The van der Waals surface area contributed by atoms with Crippen molar-refractivity contribution in [2.24, 2.45) is 0 Å². The van der Waals surface area contributed by atoms with Gasteiger partial charge in [-0.3, -0.25) is 14.4 Å². The molecule has 0 fully saturated rings. The van der Waals surface area contributed by atoms with Crippen molar-refractivity contribution in [3.8, 4) is 11.5 Å². The molecule has 0 aromatic heterocycles. The van der Waals surface area contributed by atoms with Crippen molar-refractivity contribution < 1.29 is 28.7 Å². The number of Topliss-reactive ketones (excluding diaryl/α,β-unsaturated/α-hetero) is 1. The maximum absolute atomic E-state index is 12.2. The summed E-state index contributed by atoms with van der Waals surface area (Å²) < 4.78 is 10.5. The summed E-state index contributed by atoms with van der Waals surface area (Å²) in [4.78, 5) is 44.0. The van der Waals surface area contributed by atoms with Crippen LogP contribution in [0.15, 0.2) is 109 Å². The van der Waals surface area contributed by atoms with Gasteiger partial charge in [-0.1, -0.05) is 93.6 Å². The molecule has 4 rings (SSSR count). The molecule has 0 saturated heterocycles. The highest BCUT2D eigenvalue weighted by molar-refractivity contribution is 5.93. The van der Waals surface area contributed by atoms with E-state index in [4.69, 9.17) is 9.47 Å². The molecule has 0 unspecified atom stereocenters. The third-order valence-electron chi connectivity index (χ3n) is 6.44. The van der Waals surface area contributed by atoms with Gasteiger partial charge in [0.05, 0.1) is 5.56 Å². The van der Waals surface area contributed by atoms with Crippen LogP contribution in [0.25, 0.3) is 0 Å². The van der Waals surface area contributed by atoms with Crippen LogP contribution in [0.2, 0.25) is 0 Å². The van der Waals surface area contributed by atoms with Crippen molar-refractivity contribution in [2.75, 3.05) is 6.54 Å². The fourth-order valence-electron chi connectivity index (χ4n) is 3.93. The maximum Gasteiger partial charge on any atom is 0.343 e. The summed E-state index contributed by atoms with van der Waals surface area (Å²) in [5, 5.41) is 2.66. The zero-order valence-corrected chi connectivity index (χ0v) is 26.3. The van der Waals surface area contributed by atoms with Crippen LogP contribution in [0.3, 0.4) is 0 Å². The van der Waals surface area contributed by atoms with Gasteiger partial charge in [-0.05, 0) is 60.9 Å². The van der Waals surface area contributed by atoms with Crippen LogP contribution < -0.4 is 14.8 Å². The quantitative estimate of drug-likeness (QED) is 0.128. The molecule has 1 N–H and O–H groups in total. The zero-order valence-electron chi connectivity index (χ0n) is 26.3. The van der Waals surface area contributed by atoms with E-state index in [0.29, 0.717) is 17.1 Å². The molecule has 0 saturated carbocycles. The highest BCUT2D eigenvalue weighted by Crippen LogP contribution is 2.33. The fraction of sp³-hybridized carbons (Fsp3) is 0.243. The number of carbonyl (C=O) groups excluding carboxylic acids is 4. The standard InChI is InChI=1S/C24H22O4.C8H8O.C5H11NO/c1-17(25)27-21-13-9-19(10-14-21)24(2,3)20-11-15-22(16-12-20)28-23(26)18-7-5-4-6-8-18;1-7(9)8-5-3-2-4-6-8;1-3-4-6-5(2)7/h4-16H,1-3H3;2-6H,1H3;3-4H2,1-2H3,(H,6,7). The predicted octanol–water partition coefficient (Wildman–Crippen LogP) is 7.58. The van der Waals surface area contributed by atoms with Crippen LogP contribution >= 0.6 is 0 Å². The van der Waals surface area contributed by atoms with Crippen LogP contribution in [0.1, 0.15) is 79.8 Å². The largest absolute Gasteiger partial charge is 0.427 e. The highest BCUT2D eigenvalue weighted by Gasteiger charge is 2.23. The lowest BCUT2D eigenvalue weighted by molar-refractivity contribution is -0.131. The van der Waals surface area contributed by atoms with Crippen molar-refractivity contribution in [1.29, 1.82) is 0 Å². The molecule has 0 aliphatic rings. The fourth-order valence-corrected chi connectivity index (χ4v) is 3.93. The minimum Gasteiger partial charge on any atom is -0.427 e. The molecule has 0 aliphatic heterocycles. The lowest BCUT2D eigenvalue weighted by atomic mass is 9.78. The normalized spacial score (nSPS) is 10.1. The van der Waals surface area contributed by atoms with E-state index >= 15 is 0 Å². The average molecular weight is 596 g/mol. The number of hydrogen-bond acceptors (Lipinski definition) is 6. The zero-order chi connectivity index (χ0) is 32.5. The topological polar surface area (TPSA) is 98.8 Å². The summed E-state index contributed by atoms with van der Waals surface area (Å²) in [6, 6.07) is 33.1. The summed E-state index contributed by atoms with van der Waals surface area (Å²) >= 11 is 0. The van der Waals surface area contributed by atoms with Crippen molar-refractivity contribution in [3.05, 3.63) is 131 Å². The predicted molar refractivity (Wildman–Crippen MR) is 173 cm³/mol. The Morgan fingerprint density at radius 1 is 0.614 bits per heavy atom. The van der Waals surface area contributed by atoms with Gasteiger partial charge >= 0.3 is 11.9 Å². The molecule has 0 radical (unpaired) electrons. The molecular weight excluding hydrogens is 554 g/mol. The van der Waals surface area contributed by atoms with E-state index in [1.807, 2.05) is 67.6 Å². The molecule has 0 bridgehead atoms. The average Bonchev–Trinajstić information content (AvgIpc) is 3.02. The molecule has 44 heavy (non-hydrogen) atoms. The molecule has 4 aromatic rings. The monoisotopic (exact) mass is 595 g/mol. The van der Waals surface area contributed by atoms with Gasteiger partial charge in [-0.15, -0.1) is 0 Å². The molecule has 4 aromatic carbocycles. The first-order valence-electron chi connectivity index (χ1n) is 14.4. The molecule has 0 heterocycles. The van der Waals surface area contributed by atoms with Gasteiger partial charge in [-0.2, -0.15) is 0 Å². The maximum atomic E-state index is 12.2. The Morgan fingerprint density at radius 2 is 1.05 bits per heavy atom. The van der Waals surface area contributed by atoms with Gasteiger partial charge in [0.15, 0.2) is 5.78 Å². The molecule has 1 amide bonds. The first-order valence-corrected chi connectivity index (χ1v) is 14.4. The molecule has 7 heteroatoms. The van der Waals surface area contributed by atoms with Gasteiger partial charge in [0.25, 0.3) is 0 Å². The number of nitrogens with one attached hydrogen (secondary N) is 1. The van der Waals surface area contributed by atoms with Gasteiger partial charge in [0, 0.05) is 31.4 Å². The van der Waals surface area contributed by atoms with E-state index in [9.17, 15) is 19.2 Å². The van der Waals surface area contributed by atoms with E-state index < -0.39 is 0 Å². The summed E-state index contributed by atoms with van der Waals surface area (Å²) in [5.74, 6) is 0.479. The number of ether oxygens (including phenoxy) is 2. The SMILES string of the molecule is CC(=O)Oc1ccc(C(C)(C)c2ccc(OC(=O)c3ccccc3)cc2)cc1.CC(=O)c1ccccc1.CCCNC(C)=O. The van der Waals surface area contributed by atoms with Gasteiger partial charge in [0.1, 0.15) is 11.5 Å². The molecule has 0 aliphatic carbocycles. The number of carbonyl (C=O) groups is 4. The van der Waals surface area contributed by atoms with Crippen molar-refractivity contribution in [2.45, 2.75) is 53.4 Å². The summed E-state index contributed by atoms with van der Waals surface area (Å²) in [6.45, 7) is 11.5. The first-order chi connectivity index (χ1) is 20.9. The number of benzene rings is 4. The number of rotatable bonds is 8. The minimum atomic E-state index is -0.381. The van der Waals surface area contributed by atoms with Crippen LogP contribution in [0, 0.1) is 0 Å². The second-order valence-corrected chi connectivity index (χ2v) is 10.4. The van der Waals surface area contributed by atoms with E-state index in [1.165, 1.54) is 13.8 Å². The van der Waals surface area contributed by atoms with Gasteiger partial charge < -0.3 is 14.8 Å². The highest BCUT2D eigenvalue weighted by atomic mass is 16.5. The summed E-state index contributed by atoms with van der Waals surface area (Å²) in [5.41, 5.74) is 3.18. The van der Waals surface area contributed by atoms with Crippen molar-refractivity contribution in [1.82, 2.24) is 5.32 Å². The Labute approximate surface area is 260 Å². The second-order valence-electron chi connectivity index (χ2n) is 10.4. The Kier molecular flexibility index (Phi) is 14.2. The molecule has 0 spiro atoms. The van der Waals surface area contributed by atoms with E-state index in [-0.39, 0.29) is 29.0 Å². The lowest BCUT2D eigenvalue weighted by Gasteiger charge is -2.26. The number of hydrogen-bond donors (Lipinski definition) is 1. The van der Waals surface area contributed by atoms with Crippen molar-refractivity contribution >= 4 is 23.6 Å². The van der Waals surface area contributed by atoms with E-state index in [2.05, 4.69) is 19.2 Å². The number of ketones is 1.